The Morgan fingerprint density at radius 3 is 2.67 bits per heavy atom. The number of carboxylic acids is 1. The summed E-state index contributed by atoms with van der Waals surface area (Å²) in [5.74, 6) is -1.41. The smallest absolute Gasteiger partial charge is 0.354 e. The summed E-state index contributed by atoms with van der Waals surface area (Å²) in [6.07, 6.45) is 3.01. The van der Waals surface area contributed by atoms with E-state index in [1.165, 1.54) is 29.0 Å². The number of amides is 1. The Balaban J connectivity index is 1.91. The minimum atomic E-state index is -1.13. The Bertz CT molecular complexity index is 707. The molecular formula is C14H13N3O4. The van der Waals surface area contributed by atoms with Crippen molar-refractivity contribution in [1.82, 2.24) is 9.55 Å². The van der Waals surface area contributed by atoms with Crippen LogP contribution in [0.1, 0.15) is 16.9 Å². The third-order valence-electron chi connectivity index (χ3n) is 2.75. The molecule has 0 unspecified atom stereocenters. The first kappa shape index (κ1) is 14.4. The van der Waals surface area contributed by atoms with E-state index in [0.717, 1.165) is 0 Å². The number of anilines is 1. The van der Waals surface area contributed by atoms with Gasteiger partial charge in [-0.25, -0.2) is 9.78 Å². The Labute approximate surface area is 119 Å². The number of carboxylic acid groups (broad SMARTS) is 1. The van der Waals surface area contributed by atoms with Gasteiger partial charge in [-0.1, -0.05) is 6.07 Å². The van der Waals surface area contributed by atoms with Crippen molar-refractivity contribution in [1.29, 1.82) is 0 Å². The number of carbonyl (C=O) groups is 2. The zero-order chi connectivity index (χ0) is 15.2. The molecule has 0 aliphatic rings. The molecule has 2 rings (SSSR count). The van der Waals surface area contributed by atoms with E-state index in [0.29, 0.717) is 5.69 Å². The third kappa shape index (κ3) is 4.00. The molecular weight excluding hydrogens is 274 g/mol. The molecule has 0 aromatic carbocycles. The second-order valence-electron chi connectivity index (χ2n) is 4.27. The van der Waals surface area contributed by atoms with Crippen LogP contribution in [0.4, 0.5) is 5.69 Å². The highest BCUT2D eigenvalue weighted by atomic mass is 16.4. The molecule has 0 radical (unpaired) electrons. The van der Waals surface area contributed by atoms with Crippen molar-refractivity contribution >= 4 is 17.6 Å². The van der Waals surface area contributed by atoms with Gasteiger partial charge in [0.2, 0.25) is 5.91 Å². The number of pyridine rings is 2. The minimum absolute atomic E-state index is 0.0937. The average molecular weight is 287 g/mol. The van der Waals surface area contributed by atoms with Crippen molar-refractivity contribution < 1.29 is 14.7 Å². The van der Waals surface area contributed by atoms with Crippen LogP contribution >= 0.6 is 0 Å². The summed E-state index contributed by atoms with van der Waals surface area (Å²) in [6.45, 7) is 0.270. The van der Waals surface area contributed by atoms with Crippen LogP contribution in [0.3, 0.4) is 0 Å². The fourth-order valence-corrected chi connectivity index (χ4v) is 1.69. The zero-order valence-corrected chi connectivity index (χ0v) is 11.0. The Hall–Kier alpha value is -2.96. The van der Waals surface area contributed by atoms with Gasteiger partial charge < -0.3 is 15.0 Å². The summed E-state index contributed by atoms with van der Waals surface area (Å²) in [4.78, 5) is 37.5. The van der Waals surface area contributed by atoms with Crippen LogP contribution in [0.2, 0.25) is 0 Å². The molecule has 2 heterocycles. The fraction of sp³-hybridized carbons (Fsp3) is 0.143. The number of aromatic nitrogens is 2. The van der Waals surface area contributed by atoms with Crippen molar-refractivity contribution in [2.24, 2.45) is 0 Å². The standard InChI is InChI=1S/C14H13N3O4/c18-12(6-8-17-7-2-1-3-13(17)19)16-10-4-5-11(14(20)21)15-9-10/h1-5,7,9H,6,8H2,(H,16,18)(H,20,21). The van der Waals surface area contributed by atoms with Crippen LogP contribution in [0.5, 0.6) is 0 Å². The molecule has 108 valence electrons. The third-order valence-corrected chi connectivity index (χ3v) is 2.75. The maximum absolute atomic E-state index is 11.7. The van der Waals surface area contributed by atoms with Gasteiger partial charge in [-0.15, -0.1) is 0 Å². The quantitative estimate of drug-likeness (QED) is 0.853. The fourth-order valence-electron chi connectivity index (χ4n) is 1.69. The Morgan fingerprint density at radius 1 is 1.24 bits per heavy atom. The van der Waals surface area contributed by atoms with Gasteiger partial charge in [0.1, 0.15) is 5.69 Å². The molecule has 0 fully saturated rings. The molecule has 0 spiro atoms. The molecule has 0 saturated heterocycles. The van der Waals surface area contributed by atoms with Crippen molar-refractivity contribution in [3.05, 3.63) is 58.8 Å². The lowest BCUT2D eigenvalue weighted by Gasteiger charge is -2.06. The average Bonchev–Trinajstić information content (AvgIpc) is 2.47. The maximum Gasteiger partial charge on any atom is 0.354 e. The van der Waals surface area contributed by atoms with Gasteiger partial charge >= 0.3 is 5.97 Å². The summed E-state index contributed by atoms with van der Waals surface area (Å²) >= 11 is 0. The predicted octanol–water partition coefficient (Wildman–Crippen LogP) is 0.970. The SMILES string of the molecule is O=C(CCn1ccccc1=O)Nc1ccc(C(=O)O)nc1. The van der Waals surface area contributed by atoms with Crippen molar-refractivity contribution in [3.8, 4) is 0 Å². The minimum Gasteiger partial charge on any atom is -0.477 e. The number of aryl methyl sites for hydroxylation is 1. The second kappa shape index (κ2) is 6.47. The number of rotatable bonds is 5. The molecule has 2 aromatic heterocycles. The Morgan fingerprint density at radius 2 is 2.05 bits per heavy atom. The van der Waals surface area contributed by atoms with Gasteiger partial charge in [-0.3, -0.25) is 9.59 Å². The van der Waals surface area contributed by atoms with Crippen LogP contribution in [-0.4, -0.2) is 26.5 Å². The van der Waals surface area contributed by atoms with E-state index in [1.807, 2.05) is 0 Å². The number of nitrogens with one attached hydrogen (secondary N) is 1. The van der Waals surface area contributed by atoms with Crippen molar-refractivity contribution in [2.45, 2.75) is 13.0 Å². The van der Waals surface area contributed by atoms with Gasteiger partial charge in [0, 0.05) is 25.2 Å². The predicted molar refractivity (Wildman–Crippen MR) is 75.1 cm³/mol. The van der Waals surface area contributed by atoms with E-state index in [1.54, 1.807) is 18.3 Å². The highest BCUT2D eigenvalue weighted by Gasteiger charge is 2.06. The molecule has 21 heavy (non-hydrogen) atoms. The molecule has 2 aromatic rings. The van der Waals surface area contributed by atoms with Crippen LogP contribution in [-0.2, 0) is 11.3 Å². The van der Waals surface area contributed by atoms with E-state index in [4.69, 9.17) is 5.11 Å². The van der Waals surface area contributed by atoms with Crippen LogP contribution in [0, 0.1) is 0 Å². The molecule has 0 atom stereocenters. The first-order valence-corrected chi connectivity index (χ1v) is 6.21. The van der Waals surface area contributed by atoms with E-state index >= 15 is 0 Å². The number of carbonyl (C=O) groups excluding carboxylic acids is 1. The van der Waals surface area contributed by atoms with Gasteiger partial charge in [0.05, 0.1) is 11.9 Å². The summed E-state index contributed by atoms with van der Waals surface area (Å²) < 4.78 is 1.44. The molecule has 0 aliphatic carbocycles. The number of aromatic carboxylic acids is 1. The second-order valence-corrected chi connectivity index (χ2v) is 4.27. The monoisotopic (exact) mass is 287 g/mol. The Kier molecular flexibility index (Phi) is 4.45. The largest absolute Gasteiger partial charge is 0.477 e. The maximum atomic E-state index is 11.7. The summed E-state index contributed by atoms with van der Waals surface area (Å²) in [5.41, 5.74) is 0.145. The number of hydrogen-bond acceptors (Lipinski definition) is 4. The zero-order valence-electron chi connectivity index (χ0n) is 11.0. The highest BCUT2D eigenvalue weighted by molar-refractivity contribution is 5.91. The molecule has 2 N–H and O–H groups in total. The van der Waals surface area contributed by atoms with Gasteiger partial charge in [0.25, 0.3) is 5.56 Å². The van der Waals surface area contributed by atoms with E-state index in [2.05, 4.69) is 10.3 Å². The summed E-state index contributed by atoms with van der Waals surface area (Å²) in [7, 11) is 0. The van der Waals surface area contributed by atoms with Gasteiger partial charge in [0.15, 0.2) is 0 Å². The summed E-state index contributed by atoms with van der Waals surface area (Å²) in [6, 6.07) is 7.54. The van der Waals surface area contributed by atoms with Crippen LogP contribution < -0.4 is 10.9 Å². The van der Waals surface area contributed by atoms with E-state index in [-0.39, 0.29) is 30.1 Å². The number of hydrogen-bond donors (Lipinski definition) is 2. The van der Waals surface area contributed by atoms with Gasteiger partial charge in [-0.05, 0) is 18.2 Å². The summed E-state index contributed by atoms with van der Waals surface area (Å²) in [5, 5.41) is 11.3. The molecule has 7 nitrogen and oxygen atoms in total. The molecule has 0 saturated carbocycles. The first-order valence-electron chi connectivity index (χ1n) is 6.21. The molecule has 0 aliphatic heterocycles. The molecule has 0 bridgehead atoms. The topological polar surface area (TPSA) is 101 Å². The lowest BCUT2D eigenvalue weighted by Crippen LogP contribution is -2.21. The van der Waals surface area contributed by atoms with E-state index < -0.39 is 5.97 Å². The molecule has 7 heteroatoms. The number of nitrogens with zero attached hydrogens (tertiary/aromatic N) is 2. The van der Waals surface area contributed by atoms with Crippen LogP contribution in [0.15, 0.2) is 47.5 Å². The van der Waals surface area contributed by atoms with E-state index in [9.17, 15) is 14.4 Å². The van der Waals surface area contributed by atoms with Crippen molar-refractivity contribution in [3.63, 3.8) is 0 Å². The molecule has 1 amide bonds. The van der Waals surface area contributed by atoms with Crippen molar-refractivity contribution in [2.75, 3.05) is 5.32 Å². The van der Waals surface area contributed by atoms with Crippen LogP contribution in [0.25, 0.3) is 0 Å². The van der Waals surface area contributed by atoms with Gasteiger partial charge in [-0.2, -0.15) is 0 Å². The highest BCUT2D eigenvalue weighted by Crippen LogP contribution is 2.06. The normalized spacial score (nSPS) is 10.1. The lowest BCUT2D eigenvalue weighted by atomic mass is 10.3. The lowest BCUT2D eigenvalue weighted by molar-refractivity contribution is -0.116. The first-order chi connectivity index (χ1) is 10.1.